The lowest BCUT2D eigenvalue weighted by molar-refractivity contribution is -0.130. The van der Waals surface area contributed by atoms with E-state index in [1.807, 2.05) is 47.8 Å². The van der Waals surface area contributed by atoms with Crippen molar-refractivity contribution in [3.63, 3.8) is 0 Å². The Morgan fingerprint density at radius 2 is 2.30 bits per heavy atom. The number of hydrogen-bond acceptors (Lipinski definition) is 7. The van der Waals surface area contributed by atoms with E-state index >= 15 is 0 Å². The normalized spacial score (nSPS) is 16.2. The third-order valence-electron chi connectivity index (χ3n) is 4.84. The smallest absolute Gasteiger partial charge is 0.253 e. The lowest BCUT2D eigenvalue weighted by Gasteiger charge is -2.20. The van der Waals surface area contributed by atoms with E-state index in [9.17, 15) is 4.79 Å². The van der Waals surface area contributed by atoms with Crippen molar-refractivity contribution in [3.8, 4) is 5.75 Å². The molecule has 5 rings (SSSR count). The van der Waals surface area contributed by atoms with Gasteiger partial charge >= 0.3 is 0 Å². The monoisotopic (exact) mass is 438 g/mol. The molecule has 1 aliphatic rings. The van der Waals surface area contributed by atoms with Gasteiger partial charge in [0.2, 0.25) is 0 Å². The lowest BCUT2D eigenvalue weighted by Crippen LogP contribution is -2.28. The molecule has 30 heavy (non-hydrogen) atoms. The average Bonchev–Trinajstić information content (AvgIpc) is 3.55. The molecule has 0 saturated carbocycles. The highest BCUT2D eigenvalue weighted by Crippen LogP contribution is 2.36. The molecule has 1 N–H and O–H groups in total. The van der Waals surface area contributed by atoms with Crippen molar-refractivity contribution in [1.29, 1.82) is 0 Å². The molecule has 0 fully saturated rings. The largest absolute Gasteiger partial charge is 0.497 e. The third-order valence-corrected chi connectivity index (χ3v) is 6.67. The molecule has 1 aliphatic heterocycles. The molecule has 0 aliphatic carbocycles. The van der Waals surface area contributed by atoms with Crippen molar-refractivity contribution >= 4 is 45.8 Å². The average molecular weight is 439 g/mol. The highest BCUT2D eigenvalue weighted by atomic mass is 32.2. The molecule has 4 aromatic rings. The summed E-state index contributed by atoms with van der Waals surface area (Å²) >= 11 is 2.99. The van der Waals surface area contributed by atoms with E-state index in [4.69, 9.17) is 9.15 Å². The van der Waals surface area contributed by atoms with E-state index in [1.165, 1.54) is 11.8 Å². The van der Waals surface area contributed by atoms with Gasteiger partial charge in [-0.25, -0.2) is 9.99 Å². The van der Waals surface area contributed by atoms with E-state index in [2.05, 4.69) is 15.1 Å². The van der Waals surface area contributed by atoms with Crippen LogP contribution in [0.1, 0.15) is 23.1 Å². The number of furan rings is 1. The number of hydrazone groups is 1. The number of imidazole rings is 1. The number of carbonyl (C=O) groups excluding carboxylic acids is 1. The van der Waals surface area contributed by atoms with E-state index in [0.29, 0.717) is 17.3 Å². The number of amides is 1. The van der Waals surface area contributed by atoms with Gasteiger partial charge in [0.25, 0.3) is 5.91 Å². The molecular formula is C21H18N4O3S2. The van der Waals surface area contributed by atoms with Crippen LogP contribution in [0.15, 0.2) is 68.8 Å². The number of nitrogens with zero attached hydrogens (tertiary/aromatic N) is 3. The molecule has 0 bridgehead atoms. The summed E-state index contributed by atoms with van der Waals surface area (Å²) in [7, 11) is 1.63. The number of nitrogens with one attached hydrogen (secondary N) is 1. The summed E-state index contributed by atoms with van der Waals surface area (Å²) in [5.74, 6) is 1.62. The number of hydrogen-bond donors (Lipinski definition) is 1. The molecular weight excluding hydrogens is 420 g/mol. The molecule has 1 atom stereocenters. The Labute approximate surface area is 180 Å². The molecule has 1 unspecified atom stereocenters. The van der Waals surface area contributed by atoms with Crippen LogP contribution < -0.4 is 4.74 Å². The minimum atomic E-state index is -0.113. The zero-order chi connectivity index (χ0) is 20.5. The van der Waals surface area contributed by atoms with Gasteiger partial charge in [-0.05, 0) is 35.7 Å². The van der Waals surface area contributed by atoms with Gasteiger partial charge in [-0.3, -0.25) is 4.79 Å². The number of carbonyl (C=O) groups is 1. The highest BCUT2D eigenvalue weighted by Gasteiger charge is 2.34. The number of ether oxygens (including phenoxy) is 1. The van der Waals surface area contributed by atoms with Crippen LogP contribution in [0.2, 0.25) is 0 Å². The van der Waals surface area contributed by atoms with Gasteiger partial charge in [0, 0.05) is 17.4 Å². The van der Waals surface area contributed by atoms with Gasteiger partial charge in [0.05, 0.1) is 36.2 Å². The zero-order valence-corrected chi connectivity index (χ0v) is 17.7. The highest BCUT2D eigenvalue weighted by molar-refractivity contribution is 7.99. The molecule has 4 heterocycles. The van der Waals surface area contributed by atoms with Crippen molar-refractivity contribution in [2.45, 2.75) is 17.6 Å². The Morgan fingerprint density at radius 1 is 1.37 bits per heavy atom. The van der Waals surface area contributed by atoms with E-state index < -0.39 is 0 Å². The fraction of sp³-hybridized carbons (Fsp3) is 0.190. The summed E-state index contributed by atoms with van der Waals surface area (Å²) < 4.78 is 10.7. The van der Waals surface area contributed by atoms with Crippen molar-refractivity contribution < 1.29 is 13.9 Å². The number of rotatable bonds is 6. The topological polar surface area (TPSA) is 83.7 Å². The molecule has 9 heteroatoms. The Morgan fingerprint density at radius 3 is 3.07 bits per heavy atom. The SMILES string of the molecule is COc1ccc2nc(SCC(=O)N3N=C(c4ccco4)CC3c3cccs3)[nH]c2c1. The number of aromatic nitrogens is 2. The van der Waals surface area contributed by atoms with Crippen molar-refractivity contribution in [3.05, 3.63) is 64.7 Å². The second kappa shape index (κ2) is 8.00. The van der Waals surface area contributed by atoms with Crippen LogP contribution in [0, 0.1) is 0 Å². The predicted molar refractivity (Wildman–Crippen MR) is 117 cm³/mol. The van der Waals surface area contributed by atoms with Gasteiger partial charge in [0.15, 0.2) is 5.16 Å². The first-order chi connectivity index (χ1) is 14.7. The number of thiophene rings is 1. The summed E-state index contributed by atoms with van der Waals surface area (Å²) in [5.41, 5.74) is 2.49. The second-order valence-corrected chi connectivity index (χ2v) is 8.65. The van der Waals surface area contributed by atoms with Crippen LogP contribution in [-0.2, 0) is 4.79 Å². The van der Waals surface area contributed by atoms with Gasteiger partial charge in [-0.1, -0.05) is 17.8 Å². The molecule has 3 aromatic heterocycles. The zero-order valence-electron chi connectivity index (χ0n) is 16.1. The molecule has 0 saturated heterocycles. The maximum Gasteiger partial charge on any atom is 0.253 e. The van der Waals surface area contributed by atoms with Crippen LogP contribution in [0.25, 0.3) is 11.0 Å². The number of benzene rings is 1. The van der Waals surface area contributed by atoms with E-state index in [1.54, 1.807) is 29.7 Å². The molecule has 152 valence electrons. The first-order valence-electron chi connectivity index (χ1n) is 9.34. The number of aromatic amines is 1. The van der Waals surface area contributed by atoms with Crippen LogP contribution in [0.4, 0.5) is 0 Å². The summed E-state index contributed by atoms with van der Waals surface area (Å²) in [6.45, 7) is 0. The summed E-state index contributed by atoms with van der Waals surface area (Å²) in [4.78, 5) is 22.0. The van der Waals surface area contributed by atoms with Crippen molar-refractivity contribution in [2.75, 3.05) is 12.9 Å². The quantitative estimate of drug-likeness (QED) is 0.441. The van der Waals surface area contributed by atoms with Crippen molar-refractivity contribution in [1.82, 2.24) is 15.0 Å². The summed E-state index contributed by atoms with van der Waals surface area (Å²) in [5, 5.41) is 8.89. The van der Waals surface area contributed by atoms with Crippen LogP contribution in [0.3, 0.4) is 0 Å². The number of methoxy groups -OCH3 is 1. The van der Waals surface area contributed by atoms with Crippen LogP contribution >= 0.6 is 23.1 Å². The summed E-state index contributed by atoms with van der Waals surface area (Å²) in [6, 6.07) is 13.3. The Bertz CT molecular complexity index is 1200. The minimum absolute atomic E-state index is 0.0713. The Balaban J connectivity index is 1.34. The second-order valence-electron chi connectivity index (χ2n) is 6.71. The maximum absolute atomic E-state index is 13.1. The van der Waals surface area contributed by atoms with Crippen molar-refractivity contribution in [2.24, 2.45) is 5.10 Å². The minimum Gasteiger partial charge on any atom is -0.497 e. The third kappa shape index (κ3) is 3.61. The van der Waals surface area contributed by atoms with E-state index in [-0.39, 0.29) is 17.7 Å². The van der Waals surface area contributed by atoms with Crippen LogP contribution in [-0.4, -0.2) is 39.5 Å². The van der Waals surface area contributed by atoms with Gasteiger partial charge in [-0.15, -0.1) is 11.3 Å². The van der Waals surface area contributed by atoms with E-state index in [0.717, 1.165) is 27.4 Å². The number of thioether (sulfide) groups is 1. The molecule has 1 amide bonds. The molecule has 0 spiro atoms. The maximum atomic E-state index is 13.1. The summed E-state index contributed by atoms with van der Waals surface area (Å²) in [6.07, 6.45) is 2.25. The van der Waals surface area contributed by atoms with Gasteiger partial charge in [0.1, 0.15) is 17.2 Å². The first kappa shape index (κ1) is 19.0. The van der Waals surface area contributed by atoms with Crippen LogP contribution in [0.5, 0.6) is 5.75 Å². The Kier molecular flexibility index (Phi) is 5.06. The fourth-order valence-corrected chi connectivity index (χ4v) is 4.94. The lowest BCUT2D eigenvalue weighted by atomic mass is 10.1. The molecule has 1 aromatic carbocycles. The number of H-pyrrole nitrogens is 1. The number of fused-ring (bicyclic) bond motifs is 1. The van der Waals surface area contributed by atoms with Gasteiger partial charge in [-0.2, -0.15) is 5.10 Å². The first-order valence-corrected chi connectivity index (χ1v) is 11.2. The Hall–Kier alpha value is -3.04. The predicted octanol–water partition coefficient (Wildman–Crippen LogP) is 4.70. The van der Waals surface area contributed by atoms with Gasteiger partial charge < -0.3 is 14.1 Å². The molecule has 7 nitrogen and oxygen atoms in total. The standard InChI is InChI=1S/C21H18N4O3S2/c1-27-13-6-7-14-15(10-13)23-21(22-14)30-12-20(26)25-17(19-5-3-9-29-19)11-16(24-25)18-4-2-8-28-18/h2-10,17H,11-12H2,1H3,(H,22,23). The fourth-order valence-electron chi connectivity index (χ4n) is 3.39. The molecule has 0 radical (unpaired) electrons.